The predicted octanol–water partition coefficient (Wildman–Crippen LogP) is 4.72. The SMILES string of the molecule is CCOC(=O)C1=C(COc2ccccc2F)N(C)C(=O)N[C@H]1c1cccc(Cl)c1Cl. The first-order valence-corrected chi connectivity index (χ1v) is 9.86. The Morgan fingerprint density at radius 3 is 2.63 bits per heavy atom. The summed E-state index contributed by atoms with van der Waals surface area (Å²) in [6.07, 6.45) is 0. The van der Waals surface area contributed by atoms with Gasteiger partial charge in [0.05, 0.1) is 34.0 Å². The molecule has 6 nitrogen and oxygen atoms in total. The number of carbonyl (C=O) groups is 2. The summed E-state index contributed by atoms with van der Waals surface area (Å²) in [5.41, 5.74) is 0.776. The van der Waals surface area contributed by atoms with Crippen molar-refractivity contribution in [2.75, 3.05) is 20.3 Å². The molecule has 2 aromatic rings. The lowest BCUT2D eigenvalue weighted by atomic mass is 9.94. The normalized spacial score (nSPS) is 16.4. The molecule has 1 N–H and O–H groups in total. The Kier molecular flexibility index (Phi) is 6.84. The number of rotatable bonds is 6. The van der Waals surface area contributed by atoms with Gasteiger partial charge in [-0.1, -0.05) is 47.5 Å². The van der Waals surface area contributed by atoms with Crippen LogP contribution >= 0.6 is 23.2 Å². The average molecular weight is 453 g/mol. The Hall–Kier alpha value is -2.77. The number of likely N-dealkylation sites (N-methyl/N-ethyl adjacent to an activating group) is 1. The zero-order valence-corrected chi connectivity index (χ0v) is 17.8. The molecule has 2 amide bonds. The topological polar surface area (TPSA) is 67.9 Å². The average Bonchev–Trinajstić information content (AvgIpc) is 2.72. The summed E-state index contributed by atoms with van der Waals surface area (Å²) in [7, 11) is 1.48. The molecule has 1 aliphatic heterocycles. The second kappa shape index (κ2) is 9.36. The van der Waals surface area contributed by atoms with Gasteiger partial charge in [0.1, 0.15) is 6.61 Å². The van der Waals surface area contributed by atoms with Crippen LogP contribution in [-0.4, -0.2) is 37.2 Å². The molecule has 0 saturated heterocycles. The zero-order chi connectivity index (χ0) is 21.8. The second-order valence-electron chi connectivity index (χ2n) is 6.38. The minimum atomic E-state index is -0.918. The largest absolute Gasteiger partial charge is 0.484 e. The highest BCUT2D eigenvalue weighted by molar-refractivity contribution is 6.42. The standard InChI is InChI=1S/C21H19Cl2FN2O4/c1-3-29-20(27)17-15(11-30-16-10-5-4-9-14(16)24)26(2)21(28)25-19(17)12-7-6-8-13(22)18(12)23/h4-10,19H,3,11H2,1-2H3,(H,25,28)/t19-/m0/s1. The second-order valence-corrected chi connectivity index (χ2v) is 7.17. The molecule has 0 radical (unpaired) electrons. The molecule has 0 spiro atoms. The van der Waals surface area contributed by atoms with Gasteiger partial charge in [-0.25, -0.2) is 14.0 Å². The summed E-state index contributed by atoms with van der Waals surface area (Å²) in [5.74, 6) is -1.23. The summed E-state index contributed by atoms with van der Waals surface area (Å²) in [6, 6.07) is 9.35. The van der Waals surface area contributed by atoms with E-state index in [1.807, 2.05) is 0 Å². The number of urea groups is 1. The first-order chi connectivity index (χ1) is 14.3. The molecule has 30 heavy (non-hydrogen) atoms. The molecule has 158 valence electrons. The monoisotopic (exact) mass is 452 g/mol. The molecule has 1 atom stereocenters. The van der Waals surface area contributed by atoms with E-state index in [1.165, 1.54) is 30.1 Å². The van der Waals surface area contributed by atoms with Crippen molar-refractivity contribution in [3.8, 4) is 5.75 Å². The van der Waals surface area contributed by atoms with Gasteiger partial charge in [0, 0.05) is 7.05 Å². The van der Waals surface area contributed by atoms with Crippen LogP contribution in [0.15, 0.2) is 53.7 Å². The number of amides is 2. The summed E-state index contributed by atoms with van der Waals surface area (Å²) >= 11 is 12.5. The van der Waals surface area contributed by atoms with Crippen molar-refractivity contribution in [2.45, 2.75) is 13.0 Å². The molecule has 0 aliphatic carbocycles. The third kappa shape index (κ3) is 4.37. The van der Waals surface area contributed by atoms with Crippen molar-refractivity contribution in [1.82, 2.24) is 10.2 Å². The number of carbonyl (C=O) groups excluding carboxylic acids is 2. The van der Waals surface area contributed by atoms with Crippen LogP contribution in [0.4, 0.5) is 9.18 Å². The summed E-state index contributed by atoms with van der Waals surface area (Å²) in [5, 5.41) is 3.21. The number of benzene rings is 2. The quantitative estimate of drug-likeness (QED) is 0.643. The van der Waals surface area contributed by atoms with Crippen LogP contribution in [0.2, 0.25) is 10.0 Å². The molecular weight excluding hydrogens is 434 g/mol. The smallest absolute Gasteiger partial charge is 0.338 e. The highest BCUT2D eigenvalue weighted by atomic mass is 35.5. The molecule has 0 aromatic heterocycles. The van der Waals surface area contributed by atoms with Crippen molar-refractivity contribution >= 4 is 35.2 Å². The molecule has 3 rings (SSSR count). The molecule has 1 aliphatic rings. The number of para-hydroxylation sites is 1. The van der Waals surface area contributed by atoms with Gasteiger partial charge in [-0.05, 0) is 30.7 Å². The summed E-state index contributed by atoms with van der Waals surface area (Å²) in [6.45, 7) is 1.55. The van der Waals surface area contributed by atoms with Gasteiger partial charge in [0.15, 0.2) is 11.6 Å². The van der Waals surface area contributed by atoms with Crippen molar-refractivity contribution in [1.29, 1.82) is 0 Å². The van der Waals surface area contributed by atoms with Crippen molar-refractivity contribution in [3.63, 3.8) is 0 Å². The van der Waals surface area contributed by atoms with E-state index in [0.29, 0.717) is 5.56 Å². The molecule has 0 unspecified atom stereocenters. The molecule has 0 fully saturated rings. The first-order valence-electron chi connectivity index (χ1n) is 9.10. The Morgan fingerprint density at radius 1 is 1.20 bits per heavy atom. The highest BCUT2D eigenvalue weighted by Crippen LogP contribution is 2.37. The van der Waals surface area contributed by atoms with Crippen molar-refractivity contribution < 1.29 is 23.5 Å². The minimum absolute atomic E-state index is 0.00933. The van der Waals surface area contributed by atoms with Gasteiger partial charge in [0.2, 0.25) is 0 Å². The molecule has 1 heterocycles. The van der Waals surface area contributed by atoms with Crippen LogP contribution in [0, 0.1) is 5.82 Å². The van der Waals surface area contributed by atoms with E-state index in [-0.39, 0.29) is 40.3 Å². The number of nitrogens with zero attached hydrogens (tertiary/aromatic N) is 1. The van der Waals surface area contributed by atoms with Gasteiger partial charge < -0.3 is 14.8 Å². The van der Waals surface area contributed by atoms with E-state index in [1.54, 1.807) is 31.2 Å². The molecule has 2 aromatic carbocycles. The van der Waals surface area contributed by atoms with Crippen LogP contribution in [0.25, 0.3) is 0 Å². The van der Waals surface area contributed by atoms with Gasteiger partial charge in [-0.3, -0.25) is 4.90 Å². The number of ether oxygens (including phenoxy) is 2. The zero-order valence-electron chi connectivity index (χ0n) is 16.2. The van der Waals surface area contributed by atoms with E-state index in [4.69, 9.17) is 32.7 Å². The predicted molar refractivity (Wildman–Crippen MR) is 111 cm³/mol. The van der Waals surface area contributed by atoms with E-state index in [2.05, 4.69) is 5.32 Å². The van der Waals surface area contributed by atoms with Gasteiger partial charge in [-0.15, -0.1) is 0 Å². The Bertz CT molecular complexity index is 1010. The lowest BCUT2D eigenvalue weighted by molar-refractivity contribution is -0.139. The Balaban J connectivity index is 2.09. The van der Waals surface area contributed by atoms with Crippen LogP contribution in [0.3, 0.4) is 0 Å². The van der Waals surface area contributed by atoms with Crippen molar-refractivity contribution in [3.05, 3.63) is 75.2 Å². The summed E-state index contributed by atoms with van der Waals surface area (Å²) in [4.78, 5) is 26.7. The molecule has 0 saturated carbocycles. The maximum Gasteiger partial charge on any atom is 0.338 e. The minimum Gasteiger partial charge on any atom is -0.484 e. The van der Waals surface area contributed by atoms with Gasteiger partial charge >= 0.3 is 12.0 Å². The van der Waals surface area contributed by atoms with E-state index < -0.39 is 23.9 Å². The lowest BCUT2D eigenvalue weighted by Gasteiger charge is -2.34. The maximum absolute atomic E-state index is 14.0. The molecule has 9 heteroatoms. The fourth-order valence-corrected chi connectivity index (χ4v) is 3.48. The third-order valence-electron chi connectivity index (χ3n) is 4.57. The van der Waals surface area contributed by atoms with Crippen molar-refractivity contribution in [2.24, 2.45) is 0 Å². The van der Waals surface area contributed by atoms with Gasteiger partial charge in [-0.2, -0.15) is 0 Å². The summed E-state index contributed by atoms with van der Waals surface area (Å²) < 4.78 is 24.8. The fourth-order valence-electron chi connectivity index (χ4n) is 3.07. The first kappa shape index (κ1) is 21.9. The van der Waals surface area contributed by atoms with Crippen LogP contribution in [-0.2, 0) is 9.53 Å². The Labute approximate surface area is 183 Å². The van der Waals surface area contributed by atoms with Crippen LogP contribution in [0.1, 0.15) is 18.5 Å². The maximum atomic E-state index is 14.0. The number of halogens is 3. The molecular formula is C21H19Cl2FN2O4. The highest BCUT2D eigenvalue weighted by Gasteiger charge is 2.38. The number of nitrogens with one attached hydrogen (secondary N) is 1. The van der Waals surface area contributed by atoms with Crippen LogP contribution in [0.5, 0.6) is 5.75 Å². The fraction of sp³-hybridized carbons (Fsp3) is 0.238. The Morgan fingerprint density at radius 2 is 1.93 bits per heavy atom. The van der Waals surface area contributed by atoms with Gasteiger partial charge in [0.25, 0.3) is 0 Å². The van der Waals surface area contributed by atoms with E-state index in [0.717, 1.165) is 0 Å². The number of esters is 1. The number of hydrogen-bond acceptors (Lipinski definition) is 4. The van der Waals surface area contributed by atoms with Crippen LogP contribution < -0.4 is 10.1 Å². The third-order valence-corrected chi connectivity index (χ3v) is 5.40. The lowest BCUT2D eigenvalue weighted by Crippen LogP contribution is -2.48. The van der Waals surface area contributed by atoms with E-state index >= 15 is 0 Å². The van der Waals surface area contributed by atoms with E-state index in [9.17, 15) is 14.0 Å². The number of hydrogen-bond donors (Lipinski definition) is 1. The molecule has 0 bridgehead atoms.